The smallest absolute Gasteiger partial charge is 0.323 e. The largest absolute Gasteiger partial charge is 0.480 e. The van der Waals surface area contributed by atoms with Crippen molar-refractivity contribution in [3.05, 3.63) is 18.6 Å². The average molecular weight is 181 g/mol. The number of aromatic nitrogens is 2. The van der Waals surface area contributed by atoms with Gasteiger partial charge in [0, 0.05) is 18.9 Å². The lowest BCUT2D eigenvalue weighted by atomic mass is 10.4. The molecule has 5 nitrogen and oxygen atoms in total. The molecule has 70 valence electrons. The van der Waals surface area contributed by atoms with Crippen LogP contribution in [0.15, 0.2) is 18.6 Å². The maximum absolute atomic E-state index is 10.5. The Bertz CT molecular complexity index is 276. The maximum Gasteiger partial charge on any atom is 0.323 e. The molecule has 5 heteroatoms. The van der Waals surface area contributed by atoms with Crippen molar-refractivity contribution >= 4 is 11.8 Å². The lowest BCUT2D eigenvalue weighted by Gasteiger charge is -2.18. The van der Waals surface area contributed by atoms with Gasteiger partial charge in [-0.1, -0.05) is 0 Å². The molecule has 0 saturated carbocycles. The molecule has 0 radical (unpaired) electrons. The number of carboxylic acid groups (broad SMARTS) is 1. The normalized spacial score (nSPS) is 9.62. The standard InChI is InChI=1S/C8H11N3O2/c1-2-11(6-8(12)13)7-5-9-3-4-10-7/h3-5H,2,6H2,1H3,(H,12,13). The number of carboxylic acids is 1. The SMILES string of the molecule is CCN(CC(=O)O)c1cnccn1. The Morgan fingerprint density at radius 2 is 2.38 bits per heavy atom. The van der Waals surface area contributed by atoms with Crippen LogP contribution in [0.3, 0.4) is 0 Å². The van der Waals surface area contributed by atoms with Crippen molar-refractivity contribution in [2.75, 3.05) is 18.0 Å². The molecule has 0 aliphatic carbocycles. The van der Waals surface area contributed by atoms with Gasteiger partial charge in [0.15, 0.2) is 0 Å². The molecule has 1 aromatic heterocycles. The zero-order valence-electron chi connectivity index (χ0n) is 7.34. The number of aliphatic carboxylic acids is 1. The fraction of sp³-hybridized carbons (Fsp3) is 0.375. The van der Waals surface area contributed by atoms with Crippen LogP contribution in [-0.4, -0.2) is 34.1 Å². The molecule has 0 spiro atoms. The van der Waals surface area contributed by atoms with Crippen LogP contribution < -0.4 is 4.90 Å². The molecule has 1 rings (SSSR count). The highest BCUT2D eigenvalue weighted by molar-refractivity contribution is 5.72. The highest BCUT2D eigenvalue weighted by Crippen LogP contribution is 2.05. The van der Waals surface area contributed by atoms with Crippen LogP contribution in [0.1, 0.15) is 6.92 Å². The minimum atomic E-state index is -0.868. The van der Waals surface area contributed by atoms with Crippen molar-refractivity contribution in [2.24, 2.45) is 0 Å². The minimum absolute atomic E-state index is 0.0464. The predicted octanol–water partition coefficient (Wildman–Crippen LogP) is 0.387. The highest BCUT2D eigenvalue weighted by atomic mass is 16.4. The first-order valence-electron chi connectivity index (χ1n) is 3.96. The van der Waals surface area contributed by atoms with Gasteiger partial charge in [0.05, 0.1) is 6.20 Å². The van der Waals surface area contributed by atoms with Crippen LogP contribution in [0.4, 0.5) is 5.82 Å². The van der Waals surface area contributed by atoms with Crippen LogP contribution in [0, 0.1) is 0 Å². The van der Waals surface area contributed by atoms with Crippen molar-refractivity contribution in [1.29, 1.82) is 0 Å². The van der Waals surface area contributed by atoms with Crippen LogP contribution in [0.2, 0.25) is 0 Å². The molecule has 0 unspecified atom stereocenters. The summed E-state index contributed by atoms with van der Waals surface area (Å²) < 4.78 is 0. The van der Waals surface area contributed by atoms with Crippen molar-refractivity contribution in [3.63, 3.8) is 0 Å². The summed E-state index contributed by atoms with van der Waals surface area (Å²) in [6, 6.07) is 0. The van der Waals surface area contributed by atoms with Crippen LogP contribution in [0.25, 0.3) is 0 Å². The van der Waals surface area contributed by atoms with Gasteiger partial charge in [-0.05, 0) is 6.92 Å². The topological polar surface area (TPSA) is 66.3 Å². The summed E-state index contributed by atoms with van der Waals surface area (Å²) in [7, 11) is 0. The van der Waals surface area contributed by atoms with E-state index >= 15 is 0 Å². The van der Waals surface area contributed by atoms with E-state index in [1.807, 2.05) is 6.92 Å². The van der Waals surface area contributed by atoms with Gasteiger partial charge < -0.3 is 10.0 Å². The van der Waals surface area contributed by atoms with Crippen LogP contribution in [-0.2, 0) is 4.79 Å². The molecule has 0 aliphatic rings. The van der Waals surface area contributed by atoms with Gasteiger partial charge >= 0.3 is 5.97 Å². The number of rotatable bonds is 4. The van der Waals surface area contributed by atoms with E-state index in [-0.39, 0.29) is 6.54 Å². The fourth-order valence-corrected chi connectivity index (χ4v) is 0.973. The Kier molecular flexibility index (Phi) is 3.19. The van der Waals surface area contributed by atoms with E-state index in [2.05, 4.69) is 9.97 Å². The first-order chi connectivity index (χ1) is 6.24. The van der Waals surface area contributed by atoms with Crippen molar-refractivity contribution in [1.82, 2.24) is 9.97 Å². The van der Waals surface area contributed by atoms with E-state index in [1.165, 1.54) is 0 Å². The summed E-state index contributed by atoms with van der Waals surface area (Å²) in [6.45, 7) is 2.43. The molecule has 1 aromatic rings. The molecule has 0 bridgehead atoms. The summed E-state index contributed by atoms with van der Waals surface area (Å²) in [5.74, 6) is -0.278. The Morgan fingerprint density at radius 1 is 1.62 bits per heavy atom. The Morgan fingerprint density at radius 3 is 2.85 bits per heavy atom. The Balaban J connectivity index is 2.73. The van der Waals surface area contributed by atoms with E-state index in [1.54, 1.807) is 23.5 Å². The van der Waals surface area contributed by atoms with Gasteiger partial charge in [-0.2, -0.15) is 0 Å². The molecule has 0 amide bonds. The fourth-order valence-electron chi connectivity index (χ4n) is 0.973. The number of likely N-dealkylation sites (N-methyl/N-ethyl adjacent to an activating group) is 1. The summed E-state index contributed by atoms with van der Waals surface area (Å²) >= 11 is 0. The molecule has 0 atom stereocenters. The van der Waals surface area contributed by atoms with E-state index in [9.17, 15) is 4.79 Å². The van der Waals surface area contributed by atoms with Crippen LogP contribution >= 0.6 is 0 Å². The minimum Gasteiger partial charge on any atom is -0.480 e. The molecule has 13 heavy (non-hydrogen) atoms. The molecule has 0 aliphatic heterocycles. The van der Waals surface area contributed by atoms with Gasteiger partial charge in [-0.3, -0.25) is 9.78 Å². The second-order valence-corrected chi connectivity index (χ2v) is 2.47. The summed E-state index contributed by atoms with van der Waals surface area (Å²) in [5.41, 5.74) is 0. The van der Waals surface area contributed by atoms with Crippen LogP contribution in [0.5, 0.6) is 0 Å². The lowest BCUT2D eigenvalue weighted by molar-refractivity contribution is -0.135. The quantitative estimate of drug-likeness (QED) is 0.727. The second-order valence-electron chi connectivity index (χ2n) is 2.47. The Labute approximate surface area is 76.0 Å². The number of hydrogen-bond donors (Lipinski definition) is 1. The van der Waals surface area contributed by atoms with Crippen molar-refractivity contribution < 1.29 is 9.90 Å². The molecule has 0 saturated heterocycles. The van der Waals surface area contributed by atoms with E-state index < -0.39 is 5.97 Å². The van der Waals surface area contributed by atoms with Gasteiger partial charge in [0.1, 0.15) is 12.4 Å². The predicted molar refractivity (Wildman–Crippen MR) is 47.6 cm³/mol. The van der Waals surface area contributed by atoms with E-state index in [0.29, 0.717) is 12.4 Å². The summed E-state index contributed by atoms with van der Waals surface area (Å²) in [4.78, 5) is 20.0. The van der Waals surface area contributed by atoms with Gasteiger partial charge in [-0.25, -0.2) is 4.98 Å². The zero-order chi connectivity index (χ0) is 9.68. The molecule has 1 heterocycles. The van der Waals surface area contributed by atoms with Gasteiger partial charge in [0.25, 0.3) is 0 Å². The van der Waals surface area contributed by atoms with Gasteiger partial charge in [-0.15, -0.1) is 0 Å². The molecule has 0 aromatic carbocycles. The number of anilines is 1. The third-order valence-electron chi connectivity index (χ3n) is 1.58. The third-order valence-corrected chi connectivity index (χ3v) is 1.58. The van der Waals surface area contributed by atoms with E-state index in [4.69, 9.17) is 5.11 Å². The summed E-state index contributed by atoms with van der Waals surface area (Å²) in [6.07, 6.45) is 4.64. The van der Waals surface area contributed by atoms with Gasteiger partial charge in [0.2, 0.25) is 0 Å². The molecular weight excluding hydrogens is 170 g/mol. The summed E-state index contributed by atoms with van der Waals surface area (Å²) in [5, 5.41) is 8.59. The number of carbonyl (C=O) groups is 1. The molecular formula is C8H11N3O2. The third kappa shape index (κ3) is 2.70. The van der Waals surface area contributed by atoms with Crippen molar-refractivity contribution in [3.8, 4) is 0 Å². The number of nitrogens with zero attached hydrogens (tertiary/aromatic N) is 3. The van der Waals surface area contributed by atoms with Crippen molar-refractivity contribution in [2.45, 2.75) is 6.92 Å². The maximum atomic E-state index is 10.5. The highest BCUT2D eigenvalue weighted by Gasteiger charge is 2.08. The first-order valence-corrected chi connectivity index (χ1v) is 3.96. The molecule has 0 fully saturated rings. The Hall–Kier alpha value is -1.65. The average Bonchev–Trinajstić information content (AvgIpc) is 2.15. The lowest BCUT2D eigenvalue weighted by Crippen LogP contribution is -2.30. The number of hydrogen-bond acceptors (Lipinski definition) is 4. The molecule has 1 N–H and O–H groups in total. The zero-order valence-corrected chi connectivity index (χ0v) is 7.34. The van der Waals surface area contributed by atoms with E-state index in [0.717, 1.165) is 0 Å². The first kappa shape index (κ1) is 9.44. The second kappa shape index (κ2) is 4.39. The monoisotopic (exact) mass is 181 g/mol.